The van der Waals surface area contributed by atoms with E-state index >= 15 is 0 Å². The van der Waals surface area contributed by atoms with Gasteiger partial charge in [-0.25, -0.2) is 0 Å². The molecule has 2 rings (SSSR count). The summed E-state index contributed by atoms with van der Waals surface area (Å²) in [6.07, 6.45) is 1.02. The van der Waals surface area contributed by atoms with Crippen LogP contribution in [0.4, 0.5) is 17.1 Å². The van der Waals surface area contributed by atoms with Crippen molar-refractivity contribution in [3.63, 3.8) is 0 Å². The second-order valence-corrected chi connectivity index (χ2v) is 6.02. The van der Waals surface area contributed by atoms with E-state index in [0.717, 1.165) is 23.4 Å². The minimum absolute atomic E-state index is 0.142. The predicted octanol–water partition coefficient (Wildman–Crippen LogP) is 4.10. The lowest BCUT2D eigenvalue weighted by Gasteiger charge is -2.19. The molecule has 3 N–H and O–H groups in total. The third-order valence-corrected chi connectivity index (χ3v) is 4.10. The maximum Gasteiger partial charge on any atom is 0.257 e. The molecule has 1 amide bonds. The fraction of sp³-hybridized carbons (Fsp3) is 0.316. The standard InChI is InChI=1S/C19H25N3O/c1-5-13(2)15-8-6-7-9-17(15)21-19(23)16-12-14(20)10-11-18(16)22(3)4/h6-13H,5,20H2,1-4H3,(H,21,23)/t13-/m0/s1. The molecule has 2 aromatic rings. The molecule has 0 spiro atoms. The highest BCUT2D eigenvalue weighted by atomic mass is 16.1. The van der Waals surface area contributed by atoms with Crippen molar-refractivity contribution in [2.24, 2.45) is 0 Å². The Kier molecular flexibility index (Phi) is 5.27. The van der Waals surface area contributed by atoms with Gasteiger partial charge in [-0.05, 0) is 42.2 Å². The number of nitrogens with zero attached hydrogens (tertiary/aromatic N) is 1. The van der Waals surface area contributed by atoms with Gasteiger partial charge in [0.25, 0.3) is 5.91 Å². The zero-order chi connectivity index (χ0) is 17.0. The van der Waals surface area contributed by atoms with Gasteiger partial charge >= 0.3 is 0 Å². The highest BCUT2D eigenvalue weighted by Crippen LogP contribution is 2.28. The topological polar surface area (TPSA) is 58.4 Å². The molecule has 0 saturated heterocycles. The van der Waals surface area contributed by atoms with E-state index < -0.39 is 0 Å². The number of anilines is 3. The Balaban J connectivity index is 2.36. The molecule has 0 radical (unpaired) electrons. The number of carbonyl (C=O) groups excluding carboxylic acids is 1. The summed E-state index contributed by atoms with van der Waals surface area (Å²) >= 11 is 0. The molecule has 0 heterocycles. The van der Waals surface area contributed by atoms with Crippen LogP contribution in [0.2, 0.25) is 0 Å². The molecule has 122 valence electrons. The number of hydrogen-bond donors (Lipinski definition) is 2. The number of rotatable bonds is 5. The van der Waals surface area contributed by atoms with Crippen molar-refractivity contribution in [3.8, 4) is 0 Å². The van der Waals surface area contributed by atoms with Crippen LogP contribution < -0.4 is 16.0 Å². The molecule has 0 fully saturated rings. The molecule has 0 bridgehead atoms. The molecule has 2 aromatic carbocycles. The minimum atomic E-state index is -0.142. The van der Waals surface area contributed by atoms with E-state index in [1.54, 1.807) is 12.1 Å². The van der Waals surface area contributed by atoms with Crippen LogP contribution in [-0.4, -0.2) is 20.0 Å². The predicted molar refractivity (Wildman–Crippen MR) is 98.3 cm³/mol. The SMILES string of the molecule is CC[C@H](C)c1ccccc1NC(=O)c1cc(N)ccc1N(C)C. The molecule has 0 unspecified atom stereocenters. The van der Waals surface area contributed by atoms with Crippen LogP contribution in [0.3, 0.4) is 0 Å². The molecule has 0 aromatic heterocycles. The Morgan fingerprint density at radius 2 is 1.91 bits per heavy atom. The van der Waals surface area contributed by atoms with Crippen molar-refractivity contribution in [2.75, 3.05) is 30.0 Å². The fourth-order valence-electron chi connectivity index (χ4n) is 2.58. The second kappa shape index (κ2) is 7.18. The number of hydrogen-bond acceptors (Lipinski definition) is 3. The fourth-order valence-corrected chi connectivity index (χ4v) is 2.58. The van der Waals surface area contributed by atoms with E-state index in [1.165, 1.54) is 0 Å². The van der Waals surface area contributed by atoms with Gasteiger partial charge in [-0.15, -0.1) is 0 Å². The van der Waals surface area contributed by atoms with E-state index in [1.807, 2.05) is 43.3 Å². The van der Waals surface area contributed by atoms with Crippen molar-refractivity contribution >= 4 is 23.0 Å². The molecular formula is C19H25N3O. The lowest BCUT2D eigenvalue weighted by atomic mass is 9.96. The van der Waals surface area contributed by atoms with Crippen molar-refractivity contribution in [3.05, 3.63) is 53.6 Å². The third-order valence-electron chi connectivity index (χ3n) is 4.10. The third kappa shape index (κ3) is 3.83. The summed E-state index contributed by atoms with van der Waals surface area (Å²) in [7, 11) is 3.82. The van der Waals surface area contributed by atoms with Crippen LogP contribution in [0.1, 0.15) is 42.1 Å². The molecule has 1 atom stereocenters. The number of benzene rings is 2. The summed E-state index contributed by atoms with van der Waals surface area (Å²) in [5.41, 5.74) is 9.87. The minimum Gasteiger partial charge on any atom is -0.399 e. The first-order valence-corrected chi connectivity index (χ1v) is 7.91. The monoisotopic (exact) mass is 311 g/mol. The Morgan fingerprint density at radius 3 is 2.57 bits per heavy atom. The quantitative estimate of drug-likeness (QED) is 0.817. The largest absolute Gasteiger partial charge is 0.399 e. The highest BCUT2D eigenvalue weighted by Gasteiger charge is 2.16. The van der Waals surface area contributed by atoms with Gasteiger partial charge < -0.3 is 16.0 Å². The van der Waals surface area contributed by atoms with Gasteiger partial charge in [0.05, 0.1) is 5.56 Å². The van der Waals surface area contributed by atoms with Gasteiger partial charge in [-0.2, -0.15) is 0 Å². The van der Waals surface area contributed by atoms with E-state index in [4.69, 9.17) is 5.73 Å². The van der Waals surface area contributed by atoms with Crippen LogP contribution >= 0.6 is 0 Å². The first kappa shape index (κ1) is 16.9. The number of nitrogen functional groups attached to an aromatic ring is 1. The van der Waals surface area contributed by atoms with E-state index in [0.29, 0.717) is 17.2 Å². The van der Waals surface area contributed by atoms with Gasteiger partial charge in [-0.3, -0.25) is 4.79 Å². The van der Waals surface area contributed by atoms with Crippen LogP contribution in [0.5, 0.6) is 0 Å². The summed E-state index contributed by atoms with van der Waals surface area (Å²) < 4.78 is 0. The smallest absolute Gasteiger partial charge is 0.257 e. The Morgan fingerprint density at radius 1 is 1.22 bits per heavy atom. The van der Waals surface area contributed by atoms with E-state index in [-0.39, 0.29) is 5.91 Å². The second-order valence-electron chi connectivity index (χ2n) is 6.02. The number of amides is 1. The molecule has 0 aliphatic carbocycles. The van der Waals surface area contributed by atoms with Crippen LogP contribution in [-0.2, 0) is 0 Å². The number of nitrogens with two attached hydrogens (primary N) is 1. The van der Waals surface area contributed by atoms with Gasteiger partial charge in [-0.1, -0.05) is 32.0 Å². The van der Waals surface area contributed by atoms with E-state index in [2.05, 4.69) is 25.2 Å². The van der Waals surface area contributed by atoms with Gasteiger partial charge in [0.2, 0.25) is 0 Å². The molecule has 0 aliphatic rings. The normalized spacial score (nSPS) is 11.8. The molecule has 4 nitrogen and oxygen atoms in total. The molecule has 4 heteroatoms. The summed E-state index contributed by atoms with van der Waals surface area (Å²) in [6.45, 7) is 4.31. The van der Waals surface area contributed by atoms with Gasteiger partial charge in [0, 0.05) is 31.2 Å². The first-order valence-electron chi connectivity index (χ1n) is 7.91. The van der Waals surface area contributed by atoms with Crippen LogP contribution in [0, 0.1) is 0 Å². The average molecular weight is 311 g/mol. The van der Waals surface area contributed by atoms with Crippen LogP contribution in [0.15, 0.2) is 42.5 Å². The van der Waals surface area contributed by atoms with Crippen molar-refractivity contribution < 1.29 is 4.79 Å². The maximum absolute atomic E-state index is 12.8. The Labute approximate surface area is 138 Å². The maximum atomic E-state index is 12.8. The zero-order valence-electron chi connectivity index (χ0n) is 14.3. The molecular weight excluding hydrogens is 286 g/mol. The number of nitrogens with one attached hydrogen (secondary N) is 1. The highest BCUT2D eigenvalue weighted by molar-refractivity contribution is 6.09. The average Bonchev–Trinajstić information content (AvgIpc) is 2.54. The Bertz CT molecular complexity index is 695. The van der Waals surface area contributed by atoms with Crippen molar-refractivity contribution in [2.45, 2.75) is 26.2 Å². The van der Waals surface area contributed by atoms with E-state index in [9.17, 15) is 4.79 Å². The van der Waals surface area contributed by atoms with Crippen molar-refractivity contribution in [1.82, 2.24) is 0 Å². The lowest BCUT2D eigenvalue weighted by Crippen LogP contribution is -2.19. The number of carbonyl (C=O) groups is 1. The Hall–Kier alpha value is -2.49. The van der Waals surface area contributed by atoms with Crippen LogP contribution in [0.25, 0.3) is 0 Å². The number of para-hydroxylation sites is 1. The molecule has 23 heavy (non-hydrogen) atoms. The first-order chi connectivity index (χ1) is 10.9. The summed E-state index contributed by atoms with van der Waals surface area (Å²) in [6, 6.07) is 13.3. The van der Waals surface area contributed by atoms with Gasteiger partial charge in [0.1, 0.15) is 0 Å². The summed E-state index contributed by atoms with van der Waals surface area (Å²) in [4.78, 5) is 14.7. The summed E-state index contributed by atoms with van der Waals surface area (Å²) in [5, 5.41) is 3.04. The molecule has 0 saturated carbocycles. The lowest BCUT2D eigenvalue weighted by molar-refractivity contribution is 0.102. The zero-order valence-corrected chi connectivity index (χ0v) is 14.3. The van der Waals surface area contributed by atoms with Gasteiger partial charge in [0.15, 0.2) is 0 Å². The molecule has 0 aliphatic heterocycles. The van der Waals surface area contributed by atoms with Crippen molar-refractivity contribution in [1.29, 1.82) is 0 Å². The summed E-state index contributed by atoms with van der Waals surface area (Å²) in [5.74, 6) is 0.248.